The van der Waals surface area contributed by atoms with E-state index in [0.29, 0.717) is 44.0 Å². The van der Waals surface area contributed by atoms with Crippen LogP contribution in [0.3, 0.4) is 0 Å². The van der Waals surface area contributed by atoms with Crippen molar-refractivity contribution in [2.24, 2.45) is 5.92 Å². The number of carbonyl (C=O) groups is 3. The van der Waals surface area contributed by atoms with Crippen molar-refractivity contribution in [1.29, 1.82) is 0 Å². The van der Waals surface area contributed by atoms with Crippen LogP contribution in [0.2, 0.25) is 0 Å². The van der Waals surface area contributed by atoms with Gasteiger partial charge in [-0.15, -0.1) is 0 Å². The smallest absolute Gasteiger partial charge is 0.410 e. The van der Waals surface area contributed by atoms with E-state index in [1.165, 1.54) is 0 Å². The van der Waals surface area contributed by atoms with Gasteiger partial charge in [-0.2, -0.15) is 0 Å². The first-order valence-corrected chi connectivity index (χ1v) is 17.2. The summed E-state index contributed by atoms with van der Waals surface area (Å²) in [6.07, 6.45) is 2.64. The molecule has 10 heteroatoms. The molecule has 0 radical (unpaired) electrons. The number of benzene rings is 3. The molecule has 6 rings (SSSR count). The number of hydrogen-bond acceptors (Lipinski definition) is 7. The number of rotatable bonds is 10. The molecule has 1 saturated heterocycles. The maximum atomic E-state index is 15.0. The van der Waals surface area contributed by atoms with Crippen molar-refractivity contribution >= 4 is 29.3 Å². The van der Waals surface area contributed by atoms with Crippen LogP contribution in [0, 0.1) is 5.92 Å². The number of nitrogens with zero attached hydrogens (tertiary/aromatic N) is 3. The minimum Gasteiger partial charge on any atom is -0.497 e. The van der Waals surface area contributed by atoms with Gasteiger partial charge >= 0.3 is 6.09 Å². The molecule has 49 heavy (non-hydrogen) atoms. The van der Waals surface area contributed by atoms with E-state index >= 15 is 0 Å². The second-order valence-corrected chi connectivity index (χ2v) is 14.1. The zero-order chi connectivity index (χ0) is 34.7. The lowest BCUT2D eigenvalue weighted by Crippen LogP contribution is -2.51. The number of carbonyl (C=O) groups excluding carboxylic acids is 3. The van der Waals surface area contributed by atoms with E-state index in [9.17, 15) is 14.4 Å². The first-order valence-electron chi connectivity index (χ1n) is 17.2. The van der Waals surface area contributed by atoms with E-state index in [1.807, 2.05) is 74.2 Å². The Hall–Kier alpha value is -4.57. The average Bonchev–Trinajstić information content (AvgIpc) is 3.93. The predicted octanol–water partition coefficient (Wildman–Crippen LogP) is 6.66. The molecule has 0 bridgehead atoms. The van der Waals surface area contributed by atoms with E-state index < -0.39 is 17.6 Å². The van der Waals surface area contributed by atoms with E-state index in [2.05, 4.69) is 18.2 Å². The number of likely N-dealkylation sites (tertiary alicyclic amines) is 1. The summed E-state index contributed by atoms with van der Waals surface area (Å²) in [5, 5.41) is 0. The van der Waals surface area contributed by atoms with Crippen LogP contribution in [-0.2, 0) is 19.1 Å². The van der Waals surface area contributed by atoms with Gasteiger partial charge in [0.05, 0.1) is 18.7 Å². The number of anilines is 2. The zero-order valence-corrected chi connectivity index (χ0v) is 29.1. The highest BCUT2D eigenvalue weighted by Crippen LogP contribution is 2.43. The quantitative estimate of drug-likeness (QED) is 0.223. The van der Waals surface area contributed by atoms with Gasteiger partial charge in [0.25, 0.3) is 5.91 Å². The summed E-state index contributed by atoms with van der Waals surface area (Å²) < 4.78 is 22.3. The van der Waals surface area contributed by atoms with Crippen molar-refractivity contribution in [1.82, 2.24) is 4.90 Å². The zero-order valence-electron chi connectivity index (χ0n) is 29.1. The summed E-state index contributed by atoms with van der Waals surface area (Å²) in [5.41, 5.74) is 3.83. The number of methoxy groups -OCH3 is 2. The molecule has 3 aromatic rings. The lowest BCUT2D eigenvalue weighted by atomic mass is 9.78. The highest BCUT2D eigenvalue weighted by atomic mass is 16.6. The van der Waals surface area contributed by atoms with Gasteiger partial charge < -0.3 is 33.6 Å². The minimum atomic E-state index is -0.656. The van der Waals surface area contributed by atoms with Crippen molar-refractivity contribution in [3.63, 3.8) is 0 Å². The third-order valence-corrected chi connectivity index (χ3v) is 9.34. The van der Waals surface area contributed by atoms with Gasteiger partial charge in [0, 0.05) is 45.1 Å². The topological polar surface area (TPSA) is 97.9 Å². The Morgan fingerprint density at radius 1 is 0.959 bits per heavy atom. The molecule has 0 aromatic heterocycles. The number of fused-ring (bicyclic) bond motifs is 1. The largest absolute Gasteiger partial charge is 0.497 e. The van der Waals surface area contributed by atoms with Gasteiger partial charge in [-0.05, 0) is 99.4 Å². The van der Waals surface area contributed by atoms with Crippen LogP contribution in [0.1, 0.15) is 57.9 Å². The number of hydrogen-bond donors (Lipinski definition) is 0. The lowest BCUT2D eigenvalue weighted by molar-refractivity contribution is -0.124. The van der Waals surface area contributed by atoms with E-state index in [1.54, 1.807) is 24.0 Å². The molecule has 0 unspecified atom stereocenters. The summed E-state index contributed by atoms with van der Waals surface area (Å²) in [6.45, 7) is 7.26. The Bertz CT molecular complexity index is 1680. The molecule has 1 saturated carbocycles. The highest BCUT2D eigenvalue weighted by Gasteiger charge is 2.44. The molecule has 3 aliphatic rings. The number of ether oxygens (including phenoxy) is 4. The third kappa shape index (κ3) is 7.85. The van der Waals surface area contributed by atoms with E-state index in [-0.39, 0.29) is 36.9 Å². The first-order chi connectivity index (χ1) is 23.6. The van der Waals surface area contributed by atoms with Gasteiger partial charge in [-0.25, -0.2) is 4.79 Å². The second kappa shape index (κ2) is 14.5. The first kappa shape index (κ1) is 34.3. The highest BCUT2D eigenvalue weighted by molar-refractivity contribution is 6.01. The number of amides is 3. The fourth-order valence-electron chi connectivity index (χ4n) is 6.83. The van der Waals surface area contributed by atoms with E-state index in [0.717, 1.165) is 41.0 Å². The van der Waals surface area contributed by atoms with Crippen LogP contribution < -0.4 is 19.3 Å². The van der Waals surface area contributed by atoms with Crippen LogP contribution in [-0.4, -0.2) is 81.5 Å². The standard InChI is InChI=1S/C39H47N3O7/c1-39(2,3)49-38(45)40-19-17-32(28-11-6-9-26(21-28)27-10-7-12-31(22-27)47-5)33(24-40)37(44)42(29-13-14-29)30-15-16-35-34(23-30)41(18-8-20-46-4)36(43)25-48-35/h6-7,9-12,15-16,21-23,29,32-33H,8,13-14,17-20,24-25H2,1-5H3/t32-,33+/m1/s1. The maximum Gasteiger partial charge on any atom is 0.410 e. The molecule has 3 aromatic carbocycles. The fraction of sp³-hybridized carbons (Fsp3) is 0.462. The SMILES string of the molecule is COCCCN1C(=O)COc2ccc(N(C(=O)[C@H]3CN(C(=O)OC(C)(C)C)CC[C@@H]3c3cccc(-c4cccc(OC)c4)c3)C3CC3)cc21. The molecule has 10 nitrogen and oxygen atoms in total. The van der Waals surface area contributed by atoms with Gasteiger partial charge in [0.2, 0.25) is 5.91 Å². The monoisotopic (exact) mass is 669 g/mol. The van der Waals surface area contributed by atoms with Gasteiger partial charge in [0.15, 0.2) is 6.61 Å². The summed E-state index contributed by atoms with van der Waals surface area (Å²) in [4.78, 5) is 46.6. The molecule has 260 valence electrons. The molecule has 2 aliphatic heterocycles. The second-order valence-electron chi connectivity index (χ2n) is 14.1. The summed E-state index contributed by atoms with van der Waals surface area (Å²) in [5.74, 6) is 0.573. The third-order valence-electron chi connectivity index (χ3n) is 9.34. The van der Waals surface area contributed by atoms with Gasteiger partial charge in [-0.1, -0.05) is 36.4 Å². The van der Waals surface area contributed by atoms with Crippen molar-refractivity contribution in [3.05, 3.63) is 72.3 Å². The van der Waals surface area contributed by atoms with Crippen molar-refractivity contribution in [2.75, 3.05) is 56.9 Å². The Labute approximate surface area is 288 Å². The molecular formula is C39H47N3O7. The normalized spacial score (nSPS) is 19.2. The molecule has 2 fully saturated rings. The molecule has 0 spiro atoms. The Morgan fingerprint density at radius 3 is 2.43 bits per heavy atom. The van der Waals surface area contributed by atoms with E-state index in [4.69, 9.17) is 18.9 Å². The van der Waals surface area contributed by atoms with Crippen LogP contribution in [0.5, 0.6) is 11.5 Å². The van der Waals surface area contributed by atoms with Crippen molar-refractivity contribution in [3.8, 4) is 22.6 Å². The molecule has 1 aliphatic carbocycles. The summed E-state index contributed by atoms with van der Waals surface area (Å²) in [6, 6.07) is 22.0. The fourth-order valence-corrected chi connectivity index (χ4v) is 6.83. The van der Waals surface area contributed by atoms with Crippen molar-refractivity contribution in [2.45, 2.75) is 64.0 Å². The van der Waals surface area contributed by atoms with Crippen LogP contribution in [0.4, 0.5) is 16.2 Å². The Morgan fingerprint density at radius 2 is 1.71 bits per heavy atom. The summed E-state index contributed by atoms with van der Waals surface area (Å²) >= 11 is 0. The Kier molecular flexibility index (Phi) is 10.2. The number of piperidine rings is 1. The van der Waals surface area contributed by atoms with Crippen molar-refractivity contribution < 1.29 is 33.3 Å². The molecular weight excluding hydrogens is 622 g/mol. The average molecular weight is 670 g/mol. The molecule has 0 N–H and O–H groups in total. The van der Waals surface area contributed by atoms with Crippen LogP contribution in [0.25, 0.3) is 11.1 Å². The molecule has 2 atom stereocenters. The van der Waals surface area contributed by atoms with Gasteiger partial charge in [-0.3, -0.25) is 9.59 Å². The minimum absolute atomic E-state index is 0.0241. The van der Waals surface area contributed by atoms with Crippen LogP contribution in [0.15, 0.2) is 66.7 Å². The molecule has 3 amide bonds. The summed E-state index contributed by atoms with van der Waals surface area (Å²) in [7, 11) is 3.30. The Balaban J connectivity index is 1.35. The maximum absolute atomic E-state index is 15.0. The molecule has 2 heterocycles. The van der Waals surface area contributed by atoms with Crippen LogP contribution >= 0.6 is 0 Å². The predicted molar refractivity (Wildman–Crippen MR) is 188 cm³/mol. The van der Waals surface area contributed by atoms with Gasteiger partial charge in [0.1, 0.15) is 17.1 Å². The lowest BCUT2D eigenvalue weighted by Gasteiger charge is -2.41.